The maximum absolute atomic E-state index is 11.8. The van der Waals surface area contributed by atoms with Crippen LogP contribution < -0.4 is 5.32 Å². The second-order valence-corrected chi connectivity index (χ2v) is 6.79. The lowest BCUT2D eigenvalue weighted by atomic mass is 10.1. The van der Waals surface area contributed by atoms with Crippen LogP contribution in [0.1, 0.15) is 60.1 Å². The average molecular weight is 324 g/mol. The summed E-state index contributed by atoms with van der Waals surface area (Å²) in [6, 6.07) is 0. The van der Waals surface area contributed by atoms with Crippen LogP contribution in [0.15, 0.2) is 11.7 Å². The molecule has 0 aliphatic rings. The minimum Gasteiger partial charge on any atom is -0.296 e. The SMILES string of the molecule is CCCCCCCCc1nnc(NC(=O)c2cncs2)s1. The molecule has 0 aliphatic heterocycles. The smallest absolute Gasteiger partial charge is 0.269 e. The lowest BCUT2D eigenvalue weighted by Crippen LogP contribution is -2.09. The molecule has 0 unspecified atom stereocenters. The molecular formula is C14H20N4OS2. The van der Waals surface area contributed by atoms with E-state index in [0.717, 1.165) is 17.8 Å². The van der Waals surface area contributed by atoms with E-state index in [-0.39, 0.29) is 5.91 Å². The lowest BCUT2D eigenvalue weighted by molar-refractivity contribution is 0.103. The number of rotatable bonds is 9. The molecule has 2 rings (SSSR count). The summed E-state index contributed by atoms with van der Waals surface area (Å²) in [6.45, 7) is 2.23. The minimum absolute atomic E-state index is 0.167. The average Bonchev–Trinajstić information content (AvgIpc) is 3.14. The Morgan fingerprint density at radius 2 is 2.00 bits per heavy atom. The molecule has 2 aromatic rings. The van der Waals surface area contributed by atoms with Gasteiger partial charge in [-0.25, -0.2) is 0 Å². The lowest BCUT2D eigenvalue weighted by Gasteiger charge is -1.98. The molecular weight excluding hydrogens is 304 g/mol. The zero-order valence-electron chi connectivity index (χ0n) is 12.2. The number of aromatic nitrogens is 3. The van der Waals surface area contributed by atoms with E-state index in [0.29, 0.717) is 10.0 Å². The summed E-state index contributed by atoms with van der Waals surface area (Å²) in [7, 11) is 0. The second kappa shape index (κ2) is 8.84. The van der Waals surface area contributed by atoms with Crippen molar-refractivity contribution in [2.75, 3.05) is 5.32 Å². The number of aryl methyl sites for hydroxylation is 1. The fraction of sp³-hybridized carbons (Fsp3) is 0.571. The summed E-state index contributed by atoms with van der Waals surface area (Å²) in [6.07, 6.45) is 10.1. The van der Waals surface area contributed by atoms with Gasteiger partial charge in [-0.3, -0.25) is 15.1 Å². The first kappa shape index (κ1) is 16.0. The van der Waals surface area contributed by atoms with E-state index >= 15 is 0 Å². The van der Waals surface area contributed by atoms with Crippen LogP contribution in [0, 0.1) is 0 Å². The van der Waals surface area contributed by atoms with Crippen LogP contribution in [0.4, 0.5) is 5.13 Å². The Kier molecular flexibility index (Phi) is 6.75. The van der Waals surface area contributed by atoms with Gasteiger partial charge in [-0.15, -0.1) is 21.5 Å². The van der Waals surface area contributed by atoms with E-state index in [1.807, 2.05) is 0 Å². The fourth-order valence-electron chi connectivity index (χ4n) is 1.95. The molecule has 0 aromatic carbocycles. The Morgan fingerprint density at radius 3 is 2.76 bits per heavy atom. The largest absolute Gasteiger partial charge is 0.296 e. The van der Waals surface area contributed by atoms with Crippen molar-refractivity contribution in [1.82, 2.24) is 15.2 Å². The van der Waals surface area contributed by atoms with Gasteiger partial charge in [-0.2, -0.15) is 0 Å². The van der Waals surface area contributed by atoms with Gasteiger partial charge >= 0.3 is 0 Å². The maximum atomic E-state index is 11.8. The molecule has 21 heavy (non-hydrogen) atoms. The van der Waals surface area contributed by atoms with Gasteiger partial charge in [0.2, 0.25) is 5.13 Å². The maximum Gasteiger partial charge on any atom is 0.269 e. The summed E-state index contributed by atoms with van der Waals surface area (Å²) in [5.41, 5.74) is 1.64. The first-order valence-corrected chi connectivity index (χ1v) is 9.01. The predicted octanol–water partition coefficient (Wildman–Crippen LogP) is 4.15. The van der Waals surface area contributed by atoms with E-state index in [1.54, 1.807) is 11.7 Å². The van der Waals surface area contributed by atoms with Crippen LogP contribution in [-0.4, -0.2) is 21.1 Å². The number of nitrogens with zero attached hydrogens (tertiary/aromatic N) is 3. The number of carbonyl (C=O) groups excluding carboxylic acids is 1. The monoisotopic (exact) mass is 324 g/mol. The van der Waals surface area contributed by atoms with Gasteiger partial charge in [0, 0.05) is 6.42 Å². The van der Waals surface area contributed by atoms with Crippen molar-refractivity contribution in [3.8, 4) is 0 Å². The number of amides is 1. The topological polar surface area (TPSA) is 67.8 Å². The van der Waals surface area contributed by atoms with Crippen molar-refractivity contribution in [3.05, 3.63) is 21.6 Å². The number of carbonyl (C=O) groups is 1. The van der Waals surface area contributed by atoms with Crippen molar-refractivity contribution in [2.45, 2.75) is 51.9 Å². The molecule has 0 bridgehead atoms. The highest BCUT2D eigenvalue weighted by atomic mass is 32.1. The van der Waals surface area contributed by atoms with Gasteiger partial charge in [0.05, 0.1) is 11.7 Å². The Labute approximate surface area is 132 Å². The number of thiazole rings is 1. The molecule has 0 radical (unpaired) electrons. The first-order chi connectivity index (χ1) is 10.3. The minimum atomic E-state index is -0.167. The van der Waals surface area contributed by atoms with Crippen LogP contribution in [-0.2, 0) is 6.42 Å². The second-order valence-electron chi connectivity index (χ2n) is 4.84. The molecule has 1 amide bonds. The summed E-state index contributed by atoms with van der Waals surface area (Å²) < 4.78 is 0. The molecule has 0 atom stereocenters. The number of hydrogen-bond acceptors (Lipinski definition) is 6. The number of hydrogen-bond donors (Lipinski definition) is 1. The third kappa shape index (κ3) is 5.51. The van der Waals surface area contributed by atoms with Crippen molar-refractivity contribution in [2.24, 2.45) is 0 Å². The van der Waals surface area contributed by atoms with Gasteiger partial charge in [0.25, 0.3) is 5.91 Å². The molecule has 114 valence electrons. The predicted molar refractivity (Wildman–Crippen MR) is 87.1 cm³/mol. The summed E-state index contributed by atoms with van der Waals surface area (Å²) in [5.74, 6) is -0.167. The van der Waals surface area contributed by atoms with Crippen molar-refractivity contribution in [1.29, 1.82) is 0 Å². The van der Waals surface area contributed by atoms with E-state index in [4.69, 9.17) is 0 Å². The van der Waals surface area contributed by atoms with E-state index in [1.165, 1.54) is 54.8 Å². The van der Waals surface area contributed by atoms with Crippen molar-refractivity contribution >= 4 is 33.7 Å². The number of unbranched alkanes of at least 4 members (excludes halogenated alkanes) is 5. The van der Waals surface area contributed by atoms with Crippen LogP contribution >= 0.6 is 22.7 Å². The van der Waals surface area contributed by atoms with Crippen LogP contribution in [0.3, 0.4) is 0 Å². The molecule has 1 N–H and O–H groups in total. The summed E-state index contributed by atoms with van der Waals surface area (Å²) in [4.78, 5) is 16.3. The van der Waals surface area contributed by atoms with Gasteiger partial charge in [-0.05, 0) is 6.42 Å². The molecule has 0 saturated carbocycles. The third-order valence-corrected chi connectivity index (χ3v) is 4.76. The van der Waals surface area contributed by atoms with Crippen molar-refractivity contribution in [3.63, 3.8) is 0 Å². The quantitative estimate of drug-likeness (QED) is 0.704. The highest BCUT2D eigenvalue weighted by Crippen LogP contribution is 2.19. The van der Waals surface area contributed by atoms with Crippen LogP contribution in [0.5, 0.6) is 0 Å². The highest BCUT2D eigenvalue weighted by Gasteiger charge is 2.11. The zero-order valence-corrected chi connectivity index (χ0v) is 13.8. The van der Waals surface area contributed by atoms with Gasteiger partial charge in [0.1, 0.15) is 9.88 Å². The molecule has 7 heteroatoms. The zero-order chi connectivity index (χ0) is 14.9. The van der Waals surface area contributed by atoms with E-state index < -0.39 is 0 Å². The third-order valence-electron chi connectivity index (χ3n) is 3.09. The van der Waals surface area contributed by atoms with Gasteiger partial charge in [-0.1, -0.05) is 50.4 Å². The molecule has 2 heterocycles. The molecule has 0 spiro atoms. The Balaban J connectivity index is 1.70. The van der Waals surface area contributed by atoms with E-state index in [9.17, 15) is 4.79 Å². The molecule has 0 saturated heterocycles. The molecule has 0 aliphatic carbocycles. The van der Waals surface area contributed by atoms with Crippen molar-refractivity contribution < 1.29 is 4.79 Å². The Bertz CT molecular complexity index is 539. The highest BCUT2D eigenvalue weighted by molar-refractivity contribution is 7.15. The number of nitrogens with one attached hydrogen (secondary N) is 1. The molecule has 2 aromatic heterocycles. The Morgan fingerprint density at radius 1 is 1.19 bits per heavy atom. The normalized spacial score (nSPS) is 10.7. The summed E-state index contributed by atoms with van der Waals surface area (Å²) in [5, 5.41) is 12.5. The number of anilines is 1. The van der Waals surface area contributed by atoms with Crippen LogP contribution in [0.25, 0.3) is 0 Å². The first-order valence-electron chi connectivity index (χ1n) is 7.32. The standard InChI is InChI=1S/C14H20N4OS2/c1-2-3-4-5-6-7-8-12-17-18-14(21-12)16-13(19)11-9-15-10-20-11/h9-10H,2-8H2,1H3,(H,16,18,19). The van der Waals surface area contributed by atoms with Gasteiger partial charge < -0.3 is 0 Å². The Hall–Kier alpha value is -1.34. The van der Waals surface area contributed by atoms with Gasteiger partial charge in [0.15, 0.2) is 0 Å². The summed E-state index contributed by atoms with van der Waals surface area (Å²) >= 11 is 2.77. The van der Waals surface area contributed by atoms with Crippen LogP contribution in [0.2, 0.25) is 0 Å². The molecule has 5 nitrogen and oxygen atoms in total. The molecule has 0 fully saturated rings. The fourth-order valence-corrected chi connectivity index (χ4v) is 3.24. The van der Waals surface area contributed by atoms with E-state index in [2.05, 4.69) is 27.4 Å².